The van der Waals surface area contributed by atoms with Crippen LogP contribution in [0.2, 0.25) is 0 Å². The second kappa shape index (κ2) is 6.88. The van der Waals surface area contributed by atoms with Crippen LogP contribution in [-0.2, 0) is 0 Å². The molecule has 2 heterocycles. The number of nitrogens with zero attached hydrogens (tertiary/aromatic N) is 3. The van der Waals surface area contributed by atoms with Crippen molar-refractivity contribution in [1.82, 2.24) is 9.55 Å². The van der Waals surface area contributed by atoms with Crippen LogP contribution < -0.4 is 5.56 Å². The van der Waals surface area contributed by atoms with E-state index in [-0.39, 0.29) is 16.9 Å². The van der Waals surface area contributed by atoms with E-state index in [0.717, 1.165) is 5.69 Å². The number of hydrogen-bond donors (Lipinski definition) is 1. The monoisotopic (exact) mass is 355 g/mol. The Morgan fingerprint density at radius 1 is 1.00 bits per heavy atom. The third kappa shape index (κ3) is 3.00. The fourth-order valence-corrected chi connectivity index (χ4v) is 3.15. The highest BCUT2D eigenvalue weighted by Gasteiger charge is 2.19. The van der Waals surface area contributed by atoms with Crippen LogP contribution >= 0.6 is 0 Å². The summed E-state index contributed by atoms with van der Waals surface area (Å²) >= 11 is 0. The van der Waals surface area contributed by atoms with E-state index in [9.17, 15) is 9.90 Å². The zero-order valence-corrected chi connectivity index (χ0v) is 14.7. The zero-order chi connectivity index (χ0) is 18.8. The second-order valence-electron chi connectivity index (χ2n) is 6.13. The Morgan fingerprint density at radius 3 is 2.48 bits per heavy atom. The average Bonchev–Trinajstić information content (AvgIpc) is 2.70. The Morgan fingerprint density at radius 2 is 1.74 bits per heavy atom. The SMILES string of the molecule is CC(=Nc1cccnc1)c1c(O)c2ccccc2n(-c2ccccc2)c1=O. The first-order valence-electron chi connectivity index (χ1n) is 8.54. The van der Waals surface area contributed by atoms with Crippen molar-refractivity contribution in [2.45, 2.75) is 6.92 Å². The summed E-state index contributed by atoms with van der Waals surface area (Å²) in [6.07, 6.45) is 3.27. The number of rotatable bonds is 3. The van der Waals surface area contributed by atoms with E-state index >= 15 is 0 Å². The lowest BCUT2D eigenvalue weighted by Gasteiger charge is -2.15. The van der Waals surface area contributed by atoms with Gasteiger partial charge in [0.15, 0.2) is 0 Å². The van der Waals surface area contributed by atoms with Gasteiger partial charge < -0.3 is 5.11 Å². The number of para-hydroxylation sites is 2. The molecule has 4 rings (SSSR count). The van der Waals surface area contributed by atoms with Gasteiger partial charge in [0.05, 0.1) is 23.1 Å². The number of aromatic hydroxyl groups is 1. The van der Waals surface area contributed by atoms with Gasteiger partial charge in [-0.25, -0.2) is 0 Å². The van der Waals surface area contributed by atoms with Crippen LogP contribution in [0.4, 0.5) is 5.69 Å². The lowest BCUT2D eigenvalue weighted by Crippen LogP contribution is -2.25. The normalized spacial score (nSPS) is 11.7. The molecule has 5 heteroatoms. The van der Waals surface area contributed by atoms with Crippen LogP contribution in [-0.4, -0.2) is 20.4 Å². The minimum Gasteiger partial charge on any atom is -0.506 e. The number of hydrogen-bond acceptors (Lipinski definition) is 4. The van der Waals surface area contributed by atoms with Crippen LogP contribution in [0.15, 0.2) is 88.9 Å². The number of fused-ring (bicyclic) bond motifs is 1. The van der Waals surface area contributed by atoms with Crippen molar-refractivity contribution in [3.63, 3.8) is 0 Å². The van der Waals surface area contributed by atoms with Gasteiger partial charge in [0.25, 0.3) is 5.56 Å². The molecule has 0 aliphatic carbocycles. The fourth-order valence-electron chi connectivity index (χ4n) is 3.15. The van der Waals surface area contributed by atoms with Crippen molar-refractivity contribution in [3.8, 4) is 11.4 Å². The molecule has 4 aromatic rings. The molecule has 0 fully saturated rings. The van der Waals surface area contributed by atoms with Crippen molar-refractivity contribution < 1.29 is 5.11 Å². The summed E-state index contributed by atoms with van der Waals surface area (Å²) in [6.45, 7) is 1.72. The van der Waals surface area contributed by atoms with E-state index < -0.39 is 0 Å². The summed E-state index contributed by atoms with van der Waals surface area (Å²) < 4.78 is 1.60. The van der Waals surface area contributed by atoms with E-state index in [0.29, 0.717) is 22.3 Å². The topological polar surface area (TPSA) is 67.5 Å². The van der Waals surface area contributed by atoms with Crippen LogP contribution in [0, 0.1) is 0 Å². The van der Waals surface area contributed by atoms with E-state index in [1.807, 2.05) is 48.5 Å². The molecule has 0 bridgehead atoms. The molecule has 0 saturated carbocycles. The minimum atomic E-state index is -0.317. The molecular formula is C22H17N3O2. The Balaban J connectivity index is 2.05. The maximum Gasteiger partial charge on any atom is 0.268 e. The van der Waals surface area contributed by atoms with Crippen LogP contribution in [0.1, 0.15) is 12.5 Å². The molecule has 0 amide bonds. The van der Waals surface area contributed by atoms with E-state index in [1.165, 1.54) is 0 Å². The van der Waals surface area contributed by atoms with Crippen molar-refractivity contribution in [2.24, 2.45) is 4.99 Å². The molecule has 27 heavy (non-hydrogen) atoms. The third-order valence-electron chi connectivity index (χ3n) is 4.37. The highest BCUT2D eigenvalue weighted by atomic mass is 16.3. The van der Waals surface area contributed by atoms with Crippen molar-refractivity contribution in [2.75, 3.05) is 0 Å². The van der Waals surface area contributed by atoms with E-state index in [4.69, 9.17) is 0 Å². The summed E-state index contributed by atoms with van der Waals surface area (Å²) in [6, 6.07) is 20.2. The van der Waals surface area contributed by atoms with Gasteiger partial charge in [-0.15, -0.1) is 0 Å². The molecular weight excluding hydrogens is 338 g/mol. The van der Waals surface area contributed by atoms with E-state index in [2.05, 4.69) is 9.98 Å². The van der Waals surface area contributed by atoms with Gasteiger partial charge in [0, 0.05) is 17.3 Å². The standard InChI is InChI=1S/C22H17N3O2/c1-15(24-16-8-7-13-23-14-16)20-21(26)18-11-5-6-12-19(18)25(22(20)27)17-9-3-2-4-10-17/h2-14,26H,1H3. The second-order valence-corrected chi connectivity index (χ2v) is 6.13. The summed E-state index contributed by atoms with van der Waals surface area (Å²) in [7, 11) is 0. The van der Waals surface area contributed by atoms with Crippen molar-refractivity contribution >= 4 is 22.3 Å². The van der Waals surface area contributed by atoms with Crippen molar-refractivity contribution in [1.29, 1.82) is 0 Å². The van der Waals surface area contributed by atoms with Crippen molar-refractivity contribution in [3.05, 3.63) is 95.0 Å². The Kier molecular flexibility index (Phi) is 4.26. The largest absolute Gasteiger partial charge is 0.506 e. The molecule has 5 nitrogen and oxygen atoms in total. The number of aromatic nitrogens is 2. The van der Waals surface area contributed by atoms with Crippen LogP contribution in [0.3, 0.4) is 0 Å². The molecule has 0 radical (unpaired) electrons. The van der Waals surface area contributed by atoms with E-state index in [1.54, 1.807) is 42.1 Å². The third-order valence-corrected chi connectivity index (χ3v) is 4.37. The molecule has 0 unspecified atom stereocenters. The lowest BCUT2D eigenvalue weighted by atomic mass is 10.1. The predicted molar refractivity (Wildman–Crippen MR) is 107 cm³/mol. The molecule has 0 aliphatic rings. The maximum absolute atomic E-state index is 13.3. The highest BCUT2D eigenvalue weighted by Crippen LogP contribution is 2.29. The summed E-state index contributed by atoms with van der Waals surface area (Å²) in [5.41, 5.74) is 2.29. The van der Waals surface area contributed by atoms with Gasteiger partial charge in [0.1, 0.15) is 11.3 Å². The van der Waals surface area contributed by atoms with Gasteiger partial charge in [-0.2, -0.15) is 0 Å². The smallest absolute Gasteiger partial charge is 0.268 e. The number of benzene rings is 2. The molecule has 0 aliphatic heterocycles. The molecule has 2 aromatic heterocycles. The first-order valence-corrected chi connectivity index (χ1v) is 8.54. The molecule has 2 aromatic carbocycles. The minimum absolute atomic E-state index is 0.0621. The Bertz CT molecular complexity index is 1200. The first-order chi connectivity index (χ1) is 13.2. The Labute approximate surface area is 155 Å². The average molecular weight is 355 g/mol. The maximum atomic E-state index is 13.3. The first kappa shape index (κ1) is 16.7. The van der Waals surface area contributed by atoms with Crippen LogP contribution in [0.25, 0.3) is 16.6 Å². The van der Waals surface area contributed by atoms with Crippen LogP contribution in [0.5, 0.6) is 5.75 Å². The summed E-state index contributed by atoms with van der Waals surface area (Å²) in [5.74, 6) is -0.0621. The predicted octanol–water partition coefficient (Wildman–Crippen LogP) is 4.23. The lowest BCUT2D eigenvalue weighted by molar-refractivity contribution is 0.478. The molecule has 0 saturated heterocycles. The number of aliphatic imine (C=N–C) groups is 1. The highest BCUT2D eigenvalue weighted by molar-refractivity contribution is 6.06. The molecule has 0 spiro atoms. The van der Waals surface area contributed by atoms with Gasteiger partial charge in [0.2, 0.25) is 0 Å². The summed E-state index contributed by atoms with van der Waals surface area (Å²) in [5, 5.41) is 11.4. The van der Waals surface area contributed by atoms with Gasteiger partial charge in [-0.05, 0) is 43.3 Å². The Hall–Kier alpha value is -3.73. The summed E-state index contributed by atoms with van der Waals surface area (Å²) in [4.78, 5) is 21.9. The number of pyridine rings is 2. The van der Waals surface area contributed by atoms with Gasteiger partial charge in [-0.3, -0.25) is 19.3 Å². The quantitative estimate of drug-likeness (QED) is 0.559. The van der Waals surface area contributed by atoms with Gasteiger partial charge in [-0.1, -0.05) is 30.3 Å². The van der Waals surface area contributed by atoms with Gasteiger partial charge >= 0.3 is 0 Å². The molecule has 132 valence electrons. The molecule has 1 N–H and O–H groups in total. The molecule has 0 atom stereocenters. The zero-order valence-electron chi connectivity index (χ0n) is 14.7. The fraction of sp³-hybridized carbons (Fsp3) is 0.0455.